The van der Waals surface area contributed by atoms with Gasteiger partial charge in [-0.1, -0.05) is 32.1 Å². The Hall–Kier alpha value is -0.0400. The molecule has 0 radical (unpaired) electrons. The van der Waals surface area contributed by atoms with Gasteiger partial charge in [0.05, 0.1) is 0 Å². The predicted octanol–water partition coefficient (Wildman–Crippen LogP) is 3.59. The molecule has 2 saturated heterocycles. The van der Waals surface area contributed by atoms with Crippen molar-refractivity contribution >= 4 is 0 Å². The molecule has 1 spiro atoms. The van der Waals surface area contributed by atoms with Crippen LogP contribution in [0.15, 0.2) is 0 Å². The second kappa shape index (κ2) is 4.08. The molecule has 3 fully saturated rings. The van der Waals surface area contributed by atoms with Crippen molar-refractivity contribution in [3.63, 3.8) is 0 Å². The molecule has 1 heteroatoms. The molecule has 0 amide bonds. The molecule has 2 heterocycles. The largest absolute Gasteiger partial charge is 0.297 e. The van der Waals surface area contributed by atoms with Crippen LogP contribution in [0, 0.1) is 5.92 Å². The van der Waals surface area contributed by atoms with Crippen molar-refractivity contribution in [3.8, 4) is 0 Å². The van der Waals surface area contributed by atoms with Gasteiger partial charge < -0.3 is 0 Å². The maximum Gasteiger partial charge on any atom is 0.0238 e. The van der Waals surface area contributed by atoms with Gasteiger partial charge in [-0.25, -0.2) is 0 Å². The second-order valence-corrected chi connectivity index (χ2v) is 5.99. The van der Waals surface area contributed by atoms with Crippen LogP contribution < -0.4 is 0 Å². The van der Waals surface area contributed by atoms with E-state index in [0.717, 1.165) is 5.92 Å². The number of hydrogen-bond donors (Lipinski definition) is 0. The third-order valence-corrected chi connectivity index (χ3v) is 5.34. The first-order valence-corrected chi connectivity index (χ1v) is 7.17. The van der Waals surface area contributed by atoms with Crippen LogP contribution in [0.25, 0.3) is 0 Å². The molecule has 3 rings (SSSR count). The summed E-state index contributed by atoms with van der Waals surface area (Å²) >= 11 is 0. The lowest BCUT2D eigenvalue weighted by atomic mass is 9.77. The van der Waals surface area contributed by atoms with E-state index in [1.807, 2.05) is 0 Å². The summed E-state index contributed by atoms with van der Waals surface area (Å²) < 4.78 is 0. The average molecular weight is 207 g/mol. The van der Waals surface area contributed by atoms with Crippen molar-refractivity contribution in [2.24, 2.45) is 5.92 Å². The Bertz CT molecular complexity index is 199. The summed E-state index contributed by atoms with van der Waals surface area (Å²) in [4.78, 5) is 2.90. The topological polar surface area (TPSA) is 3.24 Å². The van der Waals surface area contributed by atoms with Gasteiger partial charge in [0, 0.05) is 5.54 Å². The maximum absolute atomic E-state index is 2.90. The fourth-order valence-electron chi connectivity index (χ4n) is 4.57. The van der Waals surface area contributed by atoms with Gasteiger partial charge >= 0.3 is 0 Å². The van der Waals surface area contributed by atoms with E-state index < -0.39 is 0 Å². The number of nitrogens with zero attached hydrogens (tertiary/aromatic N) is 1. The summed E-state index contributed by atoms with van der Waals surface area (Å²) in [6.07, 6.45) is 15.1. The molecule has 0 bridgehead atoms. The van der Waals surface area contributed by atoms with Crippen LogP contribution in [0.2, 0.25) is 0 Å². The minimum atomic E-state index is 0.688. The van der Waals surface area contributed by atoms with Crippen molar-refractivity contribution < 1.29 is 0 Å². The van der Waals surface area contributed by atoms with E-state index in [1.165, 1.54) is 77.3 Å². The van der Waals surface area contributed by atoms with Crippen molar-refractivity contribution in [3.05, 3.63) is 0 Å². The van der Waals surface area contributed by atoms with E-state index in [0.29, 0.717) is 5.54 Å². The van der Waals surface area contributed by atoms with E-state index in [1.54, 1.807) is 0 Å². The lowest BCUT2D eigenvalue weighted by Gasteiger charge is -2.41. The quantitative estimate of drug-likeness (QED) is 0.587. The molecule has 0 aromatic carbocycles. The highest BCUT2D eigenvalue weighted by atomic mass is 15.2. The summed E-state index contributed by atoms with van der Waals surface area (Å²) in [5.74, 6) is 1.07. The standard InChI is InChI=1S/C14H25N/c1-3-7-13-8-12-15-11-6-2-5-10-14(13,15)9-4-1/h13H,1-12H2. The normalized spacial score (nSPS) is 42.8. The molecule has 2 atom stereocenters. The molecule has 0 aromatic rings. The fourth-order valence-corrected chi connectivity index (χ4v) is 4.57. The molecular weight excluding hydrogens is 182 g/mol. The minimum Gasteiger partial charge on any atom is -0.297 e. The zero-order valence-corrected chi connectivity index (χ0v) is 10.0. The third kappa shape index (κ3) is 1.63. The Labute approximate surface area is 94.2 Å². The average Bonchev–Trinajstić information content (AvgIpc) is 2.48. The van der Waals surface area contributed by atoms with Gasteiger partial charge in [0.2, 0.25) is 0 Å². The zero-order valence-electron chi connectivity index (χ0n) is 10.0. The van der Waals surface area contributed by atoms with E-state index in [-0.39, 0.29) is 0 Å². The number of rotatable bonds is 0. The van der Waals surface area contributed by atoms with Crippen LogP contribution in [0.1, 0.15) is 64.2 Å². The molecule has 2 unspecified atom stereocenters. The van der Waals surface area contributed by atoms with Crippen molar-refractivity contribution in [2.75, 3.05) is 13.1 Å². The molecule has 0 aromatic heterocycles. The van der Waals surface area contributed by atoms with Crippen LogP contribution in [0.5, 0.6) is 0 Å². The van der Waals surface area contributed by atoms with Crippen LogP contribution in [-0.4, -0.2) is 23.5 Å². The molecule has 2 aliphatic heterocycles. The van der Waals surface area contributed by atoms with E-state index in [2.05, 4.69) is 4.90 Å². The van der Waals surface area contributed by atoms with Crippen LogP contribution in [0.4, 0.5) is 0 Å². The second-order valence-electron chi connectivity index (χ2n) is 5.99. The molecule has 1 saturated carbocycles. The fraction of sp³-hybridized carbons (Fsp3) is 1.00. The summed E-state index contributed by atoms with van der Waals surface area (Å²) in [5.41, 5.74) is 0.688. The van der Waals surface area contributed by atoms with Crippen LogP contribution in [-0.2, 0) is 0 Å². The van der Waals surface area contributed by atoms with E-state index in [9.17, 15) is 0 Å². The molecule has 3 aliphatic rings. The van der Waals surface area contributed by atoms with Gasteiger partial charge in [-0.2, -0.15) is 0 Å². The van der Waals surface area contributed by atoms with E-state index >= 15 is 0 Å². The van der Waals surface area contributed by atoms with Gasteiger partial charge in [-0.15, -0.1) is 0 Å². The van der Waals surface area contributed by atoms with Gasteiger partial charge in [0.25, 0.3) is 0 Å². The Morgan fingerprint density at radius 2 is 1.53 bits per heavy atom. The van der Waals surface area contributed by atoms with Gasteiger partial charge in [-0.3, -0.25) is 4.90 Å². The van der Waals surface area contributed by atoms with Crippen LogP contribution >= 0.6 is 0 Å². The Balaban J connectivity index is 1.87. The predicted molar refractivity (Wildman–Crippen MR) is 64.0 cm³/mol. The molecular formula is C14H25N. The van der Waals surface area contributed by atoms with Crippen molar-refractivity contribution in [1.82, 2.24) is 4.90 Å². The first-order chi connectivity index (χ1) is 7.42. The third-order valence-electron chi connectivity index (χ3n) is 5.34. The molecule has 0 N–H and O–H groups in total. The Morgan fingerprint density at radius 1 is 0.733 bits per heavy atom. The Morgan fingerprint density at radius 3 is 2.40 bits per heavy atom. The monoisotopic (exact) mass is 207 g/mol. The van der Waals surface area contributed by atoms with Gasteiger partial charge in [0.1, 0.15) is 0 Å². The van der Waals surface area contributed by atoms with Gasteiger partial charge in [0.15, 0.2) is 0 Å². The SMILES string of the molecule is C1CCC2CCN3CCCCCC23CC1. The maximum atomic E-state index is 2.90. The molecule has 1 aliphatic carbocycles. The molecule has 15 heavy (non-hydrogen) atoms. The zero-order chi connectivity index (χ0) is 10.1. The lowest BCUT2D eigenvalue weighted by molar-refractivity contribution is 0.0917. The minimum absolute atomic E-state index is 0.688. The van der Waals surface area contributed by atoms with Crippen molar-refractivity contribution in [2.45, 2.75) is 69.7 Å². The highest BCUT2D eigenvalue weighted by molar-refractivity contribution is 5.03. The van der Waals surface area contributed by atoms with Crippen molar-refractivity contribution in [1.29, 1.82) is 0 Å². The first-order valence-electron chi connectivity index (χ1n) is 7.17. The van der Waals surface area contributed by atoms with Crippen LogP contribution in [0.3, 0.4) is 0 Å². The Kier molecular flexibility index (Phi) is 2.76. The summed E-state index contributed by atoms with van der Waals surface area (Å²) in [7, 11) is 0. The number of hydrogen-bond acceptors (Lipinski definition) is 1. The highest BCUT2D eigenvalue weighted by Gasteiger charge is 2.48. The first kappa shape index (κ1) is 10.1. The molecule has 1 nitrogen and oxygen atoms in total. The lowest BCUT2D eigenvalue weighted by Crippen LogP contribution is -2.46. The van der Waals surface area contributed by atoms with E-state index in [4.69, 9.17) is 0 Å². The summed E-state index contributed by atoms with van der Waals surface area (Å²) in [6, 6.07) is 0. The smallest absolute Gasteiger partial charge is 0.0238 e. The highest BCUT2D eigenvalue weighted by Crippen LogP contribution is 2.48. The summed E-state index contributed by atoms with van der Waals surface area (Å²) in [5, 5.41) is 0. The summed E-state index contributed by atoms with van der Waals surface area (Å²) in [6.45, 7) is 2.83. The molecule has 86 valence electrons. The van der Waals surface area contributed by atoms with Gasteiger partial charge in [-0.05, 0) is 51.1 Å².